The van der Waals surface area contributed by atoms with E-state index in [4.69, 9.17) is 11.6 Å². The van der Waals surface area contributed by atoms with Gasteiger partial charge in [-0.3, -0.25) is 14.2 Å². The number of nitrogens with zero attached hydrogens (tertiary/aromatic N) is 3. The summed E-state index contributed by atoms with van der Waals surface area (Å²) in [6.07, 6.45) is 0. The van der Waals surface area contributed by atoms with E-state index in [-0.39, 0.29) is 11.7 Å². The molecular formula is C21H22ClN5O3. The van der Waals surface area contributed by atoms with Crippen molar-refractivity contribution in [1.82, 2.24) is 14.5 Å². The van der Waals surface area contributed by atoms with Gasteiger partial charge in [0.15, 0.2) is 0 Å². The molecule has 2 heterocycles. The van der Waals surface area contributed by atoms with Crippen LogP contribution in [0.2, 0.25) is 5.02 Å². The predicted octanol–water partition coefficient (Wildman–Crippen LogP) is 2.20. The number of hydrogen-bond acceptors (Lipinski definition) is 4. The second-order valence-electron chi connectivity index (χ2n) is 7.45. The lowest BCUT2D eigenvalue weighted by atomic mass is 10.1. The Bertz CT molecular complexity index is 1170. The minimum Gasteiger partial charge on any atom is -0.368 e. The number of fused-ring (bicyclic) bond motifs is 1. The van der Waals surface area contributed by atoms with E-state index < -0.39 is 11.8 Å². The fourth-order valence-electron chi connectivity index (χ4n) is 3.76. The zero-order valence-electron chi connectivity index (χ0n) is 16.7. The first kappa shape index (κ1) is 20.0. The van der Waals surface area contributed by atoms with Crippen molar-refractivity contribution in [3.05, 3.63) is 58.0 Å². The van der Waals surface area contributed by atoms with E-state index in [1.165, 1.54) is 4.57 Å². The fraction of sp³-hybridized carbons (Fsp3) is 0.286. The van der Waals surface area contributed by atoms with E-state index in [0.717, 1.165) is 5.69 Å². The van der Waals surface area contributed by atoms with Crippen molar-refractivity contribution in [2.75, 3.05) is 29.9 Å². The third-order valence-corrected chi connectivity index (χ3v) is 5.69. The molecular weight excluding hydrogens is 406 g/mol. The molecule has 2 N–H and O–H groups in total. The summed E-state index contributed by atoms with van der Waals surface area (Å²) in [6.45, 7) is 3.62. The number of aromatic nitrogens is 2. The molecule has 0 bridgehead atoms. The van der Waals surface area contributed by atoms with E-state index in [0.29, 0.717) is 41.4 Å². The van der Waals surface area contributed by atoms with Crippen LogP contribution < -0.4 is 15.9 Å². The summed E-state index contributed by atoms with van der Waals surface area (Å²) in [5.74, 6) is -1.26. The zero-order valence-corrected chi connectivity index (χ0v) is 17.4. The van der Waals surface area contributed by atoms with E-state index in [1.807, 2.05) is 31.2 Å². The number of anilines is 2. The predicted molar refractivity (Wildman–Crippen MR) is 117 cm³/mol. The van der Waals surface area contributed by atoms with Gasteiger partial charge in [-0.05, 0) is 49.4 Å². The van der Waals surface area contributed by atoms with Crippen LogP contribution in [0, 0.1) is 0 Å². The van der Waals surface area contributed by atoms with Gasteiger partial charge in [-0.15, -0.1) is 0 Å². The average Bonchev–Trinajstić information content (AvgIpc) is 3.01. The number of hydrogen-bond donors (Lipinski definition) is 2. The van der Waals surface area contributed by atoms with Crippen LogP contribution in [0.1, 0.15) is 6.92 Å². The molecule has 4 rings (SSSR count). The Kier molecular flexibility index (Phi) is 5.26. The number of piperazine rings is 1. The van der Waals surface area contributed by atoms with Crippen molar-refractivity contribution in [3.8, 4) is 0 Å². The van der Waals surface area contributed by atoms with E-state index >= 15 is 0 Å². The van der Waals surface area contributed by atoms with Gasteiger partial charge in [-0.25, -0.2) is 4.79 Å². The minimum atomic E-state index is -0.693. The number of aryl methyl sites for hydroxylation is 1. The van der Waals surface area contributed by atoms with Gasteiger partial charge in [-0.1, -0.05) is 11.6 Å². The second kappa shape index (κ2) is 7.87. The molecule has 2 amide bonds. The number of halogens is 1. The molecule has 1 aliphatic heterocycles. The summed E-state index contributed by atoms with van der Waals surface area (Å²) in [4.78, 5) is 43.5. The van der Waals surface area contributed by atoms with Gasteiger partial charge in [0.25, 0.3) is 0 Å². The fourth-order valence-corrected chi connectivity index (χ4v) is 3.89. The van der Waals surface area contributed by atoms with Crippen molar-refractivity contribution >= 4 is 45.8 Å². The summed E-state index contributed by atoms with van der Waals surface area (Å²) in [7, 11) is 1.64. The van der Waals surface area contributed by atoms with Crippen molar-refractivity contribution in [2.24, 2.45) is 7.05 Å². The highest BCUT2D eigenvalue weighted by molar-refractivity contribution is 6.39. The SMILES string of the molecule is C[C@@H]1CN(c2ccc(Cl)cc2)CCN1C(=O)C(=O)Nc1ccc2[nH]c(=O)n(C)c2c1. The molecule has 1 aliphatic rings. The van der Waals surface area contributed by atoms with Crippen LogP contribution in [-0.2, 0) is 16.6 Å². The highest BCUT2D eigenvalue weighted by Crippen LogP contribution is 2.22. The quantitative estimate of drug-likeness (QED) is 0.613. The lowest BCUT2D eigenvalue weighted by Crippen LogP contribution is -2.56. The van der Waals surface area contributed by atoms with Gasteiger partial charge in [-0.2, -0.15) is 0 Å². The average molecular weight is 428 g/mol. The Labute approximate surface area is 178 Å². The number of amides is 2. The Morgan fingerprint density at radius 3 is 2.57 bits per heavy atom. The smallest absolute Gasteiger partial charge is 0.326 e. The van der Waals surface area contributed by atoms with E-state index in [1.54, 1.807) is 30.1 Å². The summed E-state index contributed by atoms with van der Waals surface area (Å²) in [6, 6.07) is 12.5. The monoisotopic (exact) mass is 427 g/mol. The van der Waals surface area contributed by atoms with Crippen LogP contribution in [-0.4, -0.2) is 51.9 Å². The molecule has 0 radical (unpaired) electrons. The number of rotatable bonds is 2. The first-order valence-electron chi connectivity index (χ1n) is 9.64. The molecule has 156 valence electrons. The molecule has 9 heteroatoms. The lowest BCUT2D eigenvalue weighted by molar-refractivity contribution is -0.144. The number of benzene rings is 2. The number of nitrogens with one attached hydrogen (secondary N) is 2. The molecule has 1 saturated heterocycles. The topological polar surface area (TPSA) is 90.4 Å². The molecule has 8 nitrogen and oxygen atoms in total. The normalized spacial score (nSPS) is 16.7. The summed E-state index contributed by atoms with van der Waals surface area (Å²) in [5.41, 5.74) is 2.57. The third-order valence-electron chi connectivity index (χ3n) is 5.44. The summed E-state index contributed by atoms with van der Waals surface area (Å²) >= 11 is 5.95. The first-order chi connectivity index (χ1) is 14.3. The minimum absolute atomic E-state index is 0.124. The molecule has 0 unspecified atom stereocenters. The maximum Gasteiger partial charge on any atom is 0.326 e. The van der Waals surface area contributed by atoms with Gasteiger partial charge in [0.1, 0.15) is 0 Å². The molecule has 1 atom stereocenters. The van der Waals surface area contributed by atoms with Gasteiger partial charge in [0, 0.05) is 49.1 Å². The van der Waals surface area contributed by atoms with Crippen molar-refractivity contribution in [1.29, 1.82) is 0 Å². The van der Waals surface area contributed by atoms with Crippen LogP contribution in [0.25, 0.3) is 11.0 Å². The Morgan fingerprint density at radius 1 is 1.13 bits per heavy atom. The first-order valence-corrected chi connectivity index (χ1v) is 10.0. The van der Waals surface area contributed by atoms with Crippen LogP contribution in [0.15, 0.2) is 47.3 Å². The van der Waals surface area contributed by atoms with Crippen LogP contribution in [0.3, 0.4) is 0 Å². The molecule has 1 fully saturated rings. The molecule has 0 spiro atoms. The standard InChI is InChI=1S/C21H22ClN5O3/c1-13-12-26(16-6-3-14(22)4-7-16)9-10-27(13)20(29)19(28)23-15-5-8-17-18(11-15)25(2)21(30)24-17/h3-8,11,13H,9-10,12H2,1-2H3,(H,23,28)(H,24,30)/t13-/m1/s1. The third kappa shape index (κ3) is 3.78. The maximum atomic E-state index is 12.8. The molecule has 3 aromatic rings. The molecule has 2 aromatic carbocycles. The highest BCUT2D eigenvalue weighted by Gasteiger charge is 2.31. The number of imidazole rings is 1. The van der Waals surface area contributed by atoms with Crippen molar-refractivity contribution < 1.29 is 9.59 Å². The largest absolute Gasteiger partial charge is 0.368 e. The van der Waals surface area contributed by atoms with Gasteiger partial charge >= 0.3 is 17.5 Å². The number of H-pyrrole nitrogens is 1. The second-order valence-corrected chi connectivity index (χ2v) is 7.88. The zero-order chi connectivity index (χ0) is 21.4. The number of aromatic amines is 1. The Balaban J connectivity index is 1.43. The van der Waals surface area contributed by atoms with Gasteiger partial charge in [0.2, 0.25) is 0 Å². The van der Waals surface area contributed by atoms with Crippen LogP contribution in [0.4, 0.5) is 11.4 Å². The lowest BCUT2D eigenvalue weighted by Gasteiger charge is -2.40. The van der Waals surface area contributed by atoms with Gasteiger partial charge < -0.3 is 20.1 Å². The molecule has 0 aliphatic carbocycles. The summed E-state index contributed by atoms with van der Waals surface area (Å²) in [5, 5.41) is 3.33. The van der Waals surface area contributed by atoms with Crippen molar-refractivity contribution in [2.45, 2.75) is 13.0 Å². The van der Waals surface area contributed by atoms with E-state index in [2.05, 4.69) is 15.2 Å². The number of carbonyl (C=O) groups excluding carboxylic acids is 2. The maximum absolute atomic E-state index is 12.8. The Hall–Kier alpha value is -3.26. The Morgan fingerprint density at radius 2 is 1.87 bits per heavy atom. The number of carbonyl (C=O) groups is 2. The van der Waals surface area contributed by atoms with E-state index in [9.17, 15) is 14.4 Å². The molecule has 30 heavy (non-hydrogen) atoms. The van der Waals surface area contributed by atoms with Crippen LogP contribution >= 0.6 is 11.6 Å². The summed E-state index contributed by atoms with van der Waals surface area (Å²) < 4.78 is 1.45. The van der Waals surface area contributed by atoms with Gasteiger partial charge in [0.05, 0.1) is 11.0 Å². The van der Waals surface area contributed by atoms with Crippen molar-refractivity contribution in [3.63, 3.8) is 0 Å². The van der Waals surface area contributed by atoms with Crippen LogP contribution in [0.5, 0.6) is 0 Å². The molecule has 0 saturated carbocycles. The highest BCUT2D eigenvalue weighted by atomic mass is 35.5. The molecule has 1 aromatic heterocycles.